The molecule has 0 radical (unpaired) electrons. The molecule has 0 saturated carbocycles. The molecule has 0 aliphatic carbocycles. The minimum absolute atomic E-state index is 0.287. The Kier molecular flexibility index (Phi) is 5.33. The van der Waals surface area contributed by atoms with Gasteiger partial charge in [0, 0.05) is 12.3 Å². The van der Waals surface area contributed by atoms with Crippen LogP contribution < -0.4 is 5.32 Å². The van der Waals surface area contributed by atoms with Crippen molar-refractivity contribution >= 4 is 17.6 Å². The van der Waals surface area contributed by atoms with Crippen LogP contribution in [0.5, 0.6) is 0 Å². The summed E-state index contributed by atoms with van der Waals surface area (Å²) in [6.45, 7) is 4.51. The molecule has 1 amide bonds. The van der Waals surface area contributed by atoms with Gasteiger partial charge in [-0.1, -0.05) is 26.0 Å². The predicted octanol–water partition coefficient (Wildman–Crippen LogP) is 2.47. The topological polar surface area (TPSA) is 64.6 Å². The number of amides is 1. The molecule has 1 fully saturated rings. The predicted molar refractivity (Wildman–Crippen MR) is 79.1 cm³/mol. The lowest BCUT2D eigenvalue weighted by atomic mass is 10.0. The van der Waals surface area contributed by atoms with Gasteiger partial charge in [0.1, 0.15) is 0 Å². The van der Waals surface area contributed by atoms with E-state index in [9.17, 15) is 9.59 Å². The molecule has 1 saturated heterocycles. The summed E-state index contributed by atoms with van der Waals surface area (Å²) in [5, 5.41) is 2.70. The number of esters is 1. The summed E-state index contributed by atoms with van der Waals surface area (Å²) in [4.78, 5) is 23.3. The molecule has 2 rings (SSSR count). The smallest absolute Gasteiger partial charge is 0.335 e. The Morgan fingerprint density at radius 3 is 2.62 bits per heavy atom. The van der Waals surface area contributed by atoms with E-state index in [4.69, 9.17) is 9.47 Å². The molecule has 5 nitrogen and oxygen atoms in total. The van der Waals surface area contributed by atoms with Crippen LogP contribution in [0.2, 0.25) is 0 Å². The van der Waals surface area contributed by atoms with Crippen LogP contribution in [0.3, 0.4) is 0 Å². The summed E-state index contributed by atoms with van der Waals surface area (Å²) in [7, 11) is 0. The Hall–Kier alpha value is -1.88. The minimum atomic E-state index is -0.511. The molecule has 1 atom stereocenters. The van der Waals surface area contributed by atoms with E-state index in [1.54, 1.807) is 0 Å². The molecular weight excluding hydrogens is 270 g/mol. The summed E-state index contributed by atoms with van der Waals surface area (Å²) < 4.78 is 10.1. The molecule has 5 heteroatoms. The molecule has 1 aromatic carbocycles. The van der Waals surface area contributed by atoms with Crippen molar-refractivity contribution in [2.45, 2.75) is 38.7 Å². The van der Waals surface area contributed by atoms with Gasteiger partial charge in [0.05, 0.1) is 0 Å². The van der Waals surface area contributed by atoms with E-state index in [2.05, 4.69) is 19.2 Å². The quantitative estimate of drug-likeness (QED) is 0.846. The van der Waals surface area contributed by atoms with Gasteiger partial charge in [-0.15, -0.1) is 0 Å². The number of hydrogen-bond donors (Lipinski definition) is 1. The van der Waals surface area contributed by atoms with Crippen molar-refractivity contribution in [3.05, 3.63) is 29.8 Å². The third-order valence-corrected chi connectivity index (χ3v) is 3.40. The van der Waals surface area contributed by atoms with Crippen molar-refractivity contribution in [2.24, 2.45) is 0 Å². The van der Waals surface area contributed by atoms with Crippen LogP contribution in [0.1, 0.15) is 38.2 Å². The normalized spacial score (nSPS) is 17.8. The van der Waals surface area contributed by atoms with Gasteiger partial charge in [-0.2, -0.15) is 0 Å². The maximum Gasteiger partial charge on any atom is 0.335 e. The van der Waals surface area contributed by atoms with Crippen molar-refractivity contribution in [1.29, 1.82) is 0 Å². The highest BCUT2D eigenvalue weighted by molar-refractivity contribution is 5.93. The van der Waals surface area contributed by atoms with E-state index < -0.39 is 12.1 Å². The SMILES string of the molecule is CC(C)c1ccc(NC(=O)COC(=O)[C@@H]2CCCO2)cc1. The standard InChI is InChI=1S/C16H21NO4/c1-11(2)12-5-7-13(8-6-12)17-15(18)10-21-16(19)14-4-3-9-20-14/h5-8,11,14H,3-4,9-10H2,1-2H3,(H,17,18)/t14-/m0/s1. The maximum absolute atomic E-state index is 11.7. The average molecular weight is 291 g/mol. The van der Waals surface area contributed by atoms with Crippen molar-refractivity contribution in [3.63, 3.8) is 0 Å². The average Bonchev–Trinajstić information content (AvgIpc) is 2.99. The Morgan fingerprint density at radius 1 is 1.33 bits per heavy atom. The second-order valence-corrected chi connectivity index (χ2v) is 5.43. The number of rotatable bonds is 5. The Bertz CT molecular complexity index is 490. The van der Waals surface area contributed by atoms with E-state index in [1.165, 1.54) is 5.56 Å². The van der Waals surface area contributed by atoms with Gasteiger partial charge in [0.2, 0.25) is 0 Å². The first-order chi connectivity index (χ1) is 10.1. The van der Waals surface area contributed by atoms with E-state index in [-0.39, 0.29) is 12.5 Å². The van der Waals surface area contributed by atoms with Crippen molar-refractivity contribution in [3.8, 4) is 0 Å². The molecule has 0 bridgehead atoms. The van der Waals surface area contributed by atoms with Gasteiger partial charge in [0.15, 0.2) is 12.7 Å². The molecule has 0 aromatic heterocycles. The zero-order valence-corrected chi connectivity index (χ0v) is 12.4. The summed E-state index contributed by atoms with van der Waals surface area (Å²) in [5.74, 6) is -0.362. The number of carbonyl (C=O) groups is 2. The number of ether oxygens (including phenoxy) is 2. The monoisotopic (exact) mass is 291 g/mol. The highest BCUT2D eigenvalue weighted by Gasteiger charge is 2.25. The third kappa shape index (κ3) is 4.56. The summed E-state index contributed by atoms with van der Waals surface area (Å²) >= 11 is 0. The first kappa shape index (κ1) is 15.5. The largest absolute Gasteiger partial charge is 0.454 e. The minimum Gasteiger partial charge on any atom is -0.454 e. The van der Waals surface area contributed by atoms with E-state index >= 15 is 0 Å². The lowest BCUT2D eigenvalue weighted by molar-refractivity contribution is -0.156. The highest BCUT2D eigenvalue weighted by atomic mass is 16.6. The molecule has 1 heterocycles. The van der Waals surface area contributed by atoms with E-state index in [1.807, 2.05) is 24.3 Å². The van der Waals surface area contributed by atoms with Crippen LogP contribution in [0.25, 0.3) is 0 Å². The fourth-order valence-electron chi connectivity index (χ4n) is 2.14. The van der Waals surface area contributed by atoms with Crippen LogP contribution in [0.4, 0.5) is 5.69 Å². The Labute approximate surface area is 124 Å². The zero-order valence-electron chi connectivity index (χ0n) is 12.4. The molecule has 1 N–H and O–H groups in total. The summed E-state index contributed by atoms with van der Waals surface area (Å²) in [6.07, 6.45) is 1.01. The van der Waals surface area contributed by atoms with Crippen LogP contribution in [-0.4, -0.2) is 31.2 Å². The number of nitrogens with one attached hydrogen (secondary N) is 1. The fourth-order valence-corrected chi connectivity index (χ4v) is 2.14. The molecule has 1 aromatic rings. The van der Waals surface area contributed by atoms with Gasteiger partial charge in [-0.3, -0.25) is 4.79 Å². The molecule has 114 valence electrons. The van der Waals surface area contributed by atoms with E-state index in [0.717, 1.165) is 6.42 Å². The molecule has 0 unspecified atom stereocenters. The second-order valence-electron chi connectivity index (χ2n) is 5.43. The van der Waals surface area contributed by atoms with Gasteiger partial charge < -0.3 is 14.8 Å². The fraction of sp³-hybridized carbons (Fsp3) is 0.500. The number of carbonyl (C=O) groups excluding carboxylic acids is 2. The van der Waals surface area contributed by atoms with Crippen molar-refractivity contribution < 1.29 is 19.1 Å². The van der Waals surface area contributed by atoms with Crippen LogP contribution in [0, 0.1) is 0 Å². The second kappa shape index (κ2) is 7.22. The van der Waals surface area contributed by atoms with Crippen molar-refractivity contribution in [2.75, 3.05) is 18.5 Å². The van der Waals surface area contributed by atoms with Gasteiger partial charge in [-0.05, 0) is 36.5 Å². The lowest BCUT2D eigenvalue weighted by Gasteiger charge is -2.10. The third-order valence-electron chi connectivity index (χ3n) is 3.40. The first-order valence-electron chi connectivity index (χ1n) is 7.24. The maximum atomic E-state index is 11.7. The van der Waals surface area contributed by atoms with Gasteiger partial charge in [-0.25, -0.2) is 4.79 Å². The number of anilines is 1. The lowest BCUT2D eigenvalue weighted by Crippen LogP contribution is -2.27. The molecule has 0 spiro atoms. The number of hydrogen-bond acceptors (Lipinski definition) is 4. The van der Waals surface area contributed by atoms with Gasteiger partial charge >= 0.3 is 5.97 Å². The Balaban J connectivity index is 1.77. The van der Waals surface area contributed by atoms with Crippen LogP contribution in [0.15, 0.2) is 24.3 Å². The molecule has 1 aliphatic rings. The first-order valence-corrected chi connectivity index (χ1v) is 7.24. The summed E-state index contributed by atoms with van der Waals surface area (Å²) in [6, 6.07) is 7.63. The molecule has 1 aliphatic heterocycles. The van der Waals surface area contributed by atoms with Crippen molar-refractivity contribution in [1.82, 2.24) is 0 Å². The molecular formula is C16H21NO4. The molecule has 21 heavy (non-hydrogen) atoms. The Morgan fingerprint density at radius 2 is 2.05 bits per heavy atom. The van der Waals surface area contributed by atoms with E-state index in [0.29, 0.717) is 24.6 Å². The van der Waals surface area contributed by atoms with Gasteiger partial charge in [0.25, 0.3) is 5.91 Å². The zero-order chi connectivity index (χ0) is 15.2. The van der Waals surface area contributed by atoms with Crippen LogP contribution >= 0.6 is 0 Å². The summed E-state index contributed by atoms with van der Waals surface area (Å²) in [5.41, 5.74) is 1.90. The highest BCUT2D eigenvalue weighted by Crippen LogP contribution is 2.17. The van der Waals surface area contributed by atoms with Crippen LogP contribution in [-0.2, 0) is 19.1 Å². The number of benzene rings is 1.